The summed E-state index contributed by atoms with van der Waals surface area (Å²) in [4.78, 5) is 19.6. The maximum atomic E-state index is 13.1. The second kappa shape index (κ2) is 9.19. The number of carbonyl (C=O) groups is 1. The molecule has 1 aromatic heterocycles. The summed E-state index contributed by atoms with van der Waals surface area (Å²) in [6.45, 7) is 3.41. The summed E-state index contributed by atoms with van der Waals surface area (Å²) >= 11 is 12.5. The van der Waals surface area contributed by atoms with E-state index in [1.54, 1.807) is 18.2 Å². The molecule has 1 saturated heterocycles. The molecule has 0 aliphatic carbocycles. The number of amides is 1. The minimum absolute atomic E-state index is 0.0971. The van der Waals surface area contributed by atoms with Gasteiger partial charge >= 0.3 is 0 Å². The number of likely N-dealkylation sites (tertiary alicyclic amines) is 1. The highest BCUT2D eigenvalue weighted by Crippen LogP contribution is 2.35. The second-order valence-electron chi connectivity index (χ2n) is 7.52. The zero-order valence-corrected chi connectivity index (χ0v) is 18.2. The highest BCUT2D eigenvalue weighted by atomic mass is 35.5. The molecule has 0 radical (unpaired) electrons. The Hall–Kier alpha value is -2.37. The van der Waals surface area contributed by atoms with Crippen LogP contribution in [-0.4, -0.2) is 34.0 Å². The zero-order chi connectivity index (χ0) is 21.1. The van der Waals surface area contributed by atoms with E-state index in [4.69, 9.17) is 27.7 Å². The third-order valence-electron chi connectivity index (χ3n) is 5.69. The van der Waals surface area contributed by atoms with E-state index < -0.39 is 0 Å². The van der Waals surface area contributed by atoms with Crippen molar-refractivity contribution in [1.29, 1.82) is 0 Å². The summed E-state index contributed by atoms with van der Waals surface area (Å²) in [7, 11) is 0. The molecule has 2 aromatic carbocycles. The molecule has 30 heavy (non-hydrogen) atoms. The summed E-state index contributed by atoms with van der Waals surface area (Å²) in [5.74, 6) is 1.18. The van der Waals surface area contributed by atoms with Gasteiger partial charge in [-0.2, -0.15) is 4.98 Å². The molecule has 0 bridgehead atoms. The third-order valence-corrected chi connectivity index (χ3v) is 6.32. The average molecular weight is 444 g/mol. The lowest BCUT2D eigenvalue weighted by Crippen LogP contribution is -2.40. The Balaban J connectivity index is 1.43. The Kier molecular flexibility index (Phi) is 6.40. The molecule has 1 unspecified atom stereocenters. The van der Waals surface area contributed by atoms with Gasteiger partial charge in [0.05, 0.1) is 21.5 Å². The summed E-state index contributed by atoms with van der Waals surface area (Å²) < 4.78 is 5.52. The van der Waals surface area contributed by atoms with Gasteiger partial charge in [0.15, 0.2) is 0 Å². The summed E-state index contributed by atoms with van der Waals surface area (Å²) in [5, 5.41) is 5.06. The van der Waals surface area contributed by atoms with E-state index in [1.807, 2.05) is 35.2 Å². The van der Waals surface area contributed by atoms with Crippen LogP contribution in [0.1, 0.15) is 49.5 Å². The van der Waals surface area contributed by atoms with Crippen molar-refractivity contribution < 1.29 is 9.32 Å². The number of halogens is 2. The quantitative estimate of drug-likeness (QED) is 0.489. The SMILES string of the molecule is CCC(C(=O)N1CCC(c2nc(-c3c(Cl)cccc3Cl)no2)CC1)c1ccccc1. The van der Waals surface area contributed by atoms with Gasteiger partial charge in [-0.15, -0.1) is 0 Å². The van der Waals surface area contributed by atoms with Crippen molar-refractivity contribution in [3.63, 3.8) is 0 Å². The lowest BCUT2D eigenvalue weighted by molar-refractivity contribution is -0.134. The van der Waals surface area contributed by atoms with Crippen molar-refractivity contribution in [2.24, 2.45) is 0 Å². The fourth-order valence-electron chi connectivity index (χ4n) is 4.02. The molecule has 1 aliphatic heterocycles. The molecule has 156 valence electrons. The monoisotopic (exact) mass is 443 g/mol. The Morgan fingerprint density at radius 2 is 1.77 bits per heavy atom. The molecule has 3 aromatic rings. The van der Waals surface area contributed by atoms with Crippen molar-refractivity contribution in [2.75, 3.05) is 13.1 Å². The molecule has 5 nitrogen and oxygen atoms in total. The number of piperidine rings is 1. The van der Waals surface area contributed by atoms with Crippen LogP contribution in [0.2, 0.25) is 10.0 Å². The molecule has 1 aliphatic rings. The Labute approximate surface area is 186 Å². The first-order valence-corrected chi connectivity index (χ1v) is 11.0. The maximum Gasteiger partial charge on any atom is 0.230 e. The smallest absolute Gasteiger partial charge is 0.230 e. The number of nitrogens with zero attached hydrogens (tertiary/aromatic N) is 3. The summed E-state index contributed by atoms with van der Waals surface area (Å²) in [6.07, 6.45) is 2.36. The number of hydrogen-bond donors (Lipinski definition) is 0. The standard InChI is InChI=1S/C23H23Cl2N3O2/c1-2-17(15-7-4-3-5-8-15)23(29)28-13-11-16(12-14-28)22-26-21(27-30-22)20-18(24)9-6-10-19(20)25/h3-10,16-17H,2,11-14H2,1H3. The first kappa shape index (κ1) is 20.9. The predicted molar refractivity (Wildman–Crippen MR) is 118 cm³/mol. The molecule has 4 rings (SSSR count). The van der Waals surface area contributed by atoms with Crippen LogP contribution in [0.4, 0.5) is 0 Å². The van der Waals surface area contributed by atoms with Crippen molar-refractivity contribution in [3.8, 4) is 11.4 Å². The van der Waals surface area contributed by atoms with Crippen LogP contribution in [0.5, 0.6) is 0 Å². The Bertz CT molecular complexity index is 994. The van der Waals surface area contributed by atoms with Crippen LogP contribution in [0, 0.1) is 0 Å². The number of aromatic nitrogens is 2. The molecule has 0 N–H and O–H groups in total. The van der Waals surface area contributed by atoms with E-state index in [0.29, 0.717) is 40.4 Å². The summed E-state index contributed by atoms with van der Waals surface area (Å²) in [5.41, 5.74) is 1.65. The molecule has 7 heteroatoms. The third kappa shape index (κ3) is 4.23. The van der Waals surface area contributed by atoms with Gasteiger partial charge in [0.1, 0.15) is 0 Å². The van der Waals surface area contributed by atoms with Gasteiger partial charge in [-0.3, -0.25) is 4.79 Å². The maximum absolute atomic E-state index is 13.1. The predicted octanol–water partition coefficient (Wildman–Crippen LogP) is 5.94. The van der Waals surface area contributed by atoms with Crippen molar-refractivity contribution in [3.05, 3.63) is 70.0 Å². The second-order valence-corrected chi connectivity index (χ2v) is 8.34. The normalized spacial score (nSPS) is 15.9. The number of benzene rings is 2. The molecule has 0 spiro atoms. The van der Waals surface area contributed by atoms with Crippen LogP contribution in [-0.2, 0) is 4.79 Å². The zero-order valence-electron chi connectivity index (χ0n) is 16.7. The molecule has 0 saturated carbocycles. The molecule has 1 amide bonds. The van der Waals surface area contributed by atoms with E-state index in [2.05, 4.69) is 17.1 Å². The average Bonchev–Trinajstić information content (AvgIpc) is 3.25. The largest absolute Gasteiger partial charge is 0.342 e. The highest BCUT2D eigenvalue weighted by molar-refractivity contribution is 6.38. The van der Waals surface area contributed by atoms with Gasteiger partial charge in [0.25, 0.3) is 0 Å². The van der Waals surface area contributed by atoms with Gasteiger partial charge < -0.3 is 9.42 Å². The minimum atomic E-state index is -0.0971. The summed E-state index contributed by atoms with van der Waals surface area (Å²) in [6, 6.07) is 15.3. The van der Waals surface area contributed by atoms with Gasteiger partial charge in [0.2, 0.25) is 17.6 Å². The Morgan fingerprint density at radius 1 is 1.10 bits per heavy atom. The molecular formula is C23H23Cl2N3O2. The number of rotatable bonds is 5. The number of hydrogen-bond acceptors (Lipinski definition) is 4. The van der Waals surface area contributed by atoms with E-state index in [9.17, 15) is 4.79 Å². The minimum Gasteiger partial charge on any atom is -0.342 e. The lowest BCUT2D eigenvalue weighted by atomic mass is 9.92. The first-order chi connectivity index (χ1) is 14.6. The van der Waals surface area contributed by atoms with Gasteiger partial charge in [0, 0.05) is 19.0 Å². The van der Waals surface area contributed by atoms with E-state index in [0.717, 1.165) is 24.8 Å². The first-order valence-electron chi connectivity index (χ1n) is 10.2. The molecule has 1 atom stereocenters. The molecule has 1 fully saturated rings. The van der Waals surface area contributed by atoms with Crippen LogP contribution in [0.25, 0.3) is 11.4 Å². The lowest BCUT2D eigenvalue weighted by Gasteiger charge is -2.33. The fourth-order valence-corrected chi connectivity index (χ4v) is 4.59. The van der Waals surface area contributed by atoms with Crippen LogP contribution in [0.15, 0.2) is 53.1 Å². The highest BCUT2D eigenvalue weighted by Gasteiger charge is 2.31. The van der Waals surface area contributed by atoms with Gasteiger partial charge in [-0.25, -0.2) is 0 Å². The van der Waals surface area contributed by atoms with Crippen molar-refractivity contribution >= 4 is 29.1 Å². The van der Waals surface area contributed by atoms with Crippen LogP contribution in [0.3, 0.4) is 0 Å². The van der Waals surface area contributed by atoms with Gasteiger partial charge in [-0.05, 0) is 37.0 Å². The van der Waals surface area contributed by atoms with Crippen molar-refractivity contribution in [1.82, 2.24) is 15.0 Å². The molecular weight excluding hydrogens is 421 g/mol. The van der Waals surface area contributed by atoms with Crippen molar-refractivity contribution in [2.45, 2.75) is 38.0 Å². The number of carbonyl (C=O) groups excluding carboxylic acids is 1. The van der Waals surface area contributed by atoms with Gasteiger partial charge in [-0.1, -0.05) is 71.7 Å². The Morgan fingerprint density at radius 3 is 2.40 bits per heavy atom. The van der Waals surface area contributed by atoms with E-state index in [1.165, 1.54) is 0 Å². The topological polar surface area (TPSA) is 59.2 Å². The van der Waals surface area contributed by atoms with E-state index >= 15 is 0 Å². The molecule has 2 heterocycles. The van der Waals surface area contributed by atoms with Crippen LogP contribution < -0.4 is 0 Å². The van der Waals surface area contributed by atoms with Crippen LogP contribution >= 0.6 is 23.2 Å². The van der Waals surface area contributed by atoms with E-state index in [-0.39, 0.29) is 17.7 Å². The fraction of sp³-hybridized carbons (Fsp3) is 0.348.